The van der Waals surface area contributed by atoms with Crippen LogP contribution in [0.3, 0.4) is 0 Å². The van der Waals surface area contributed by atoms with Gasteiger partial charge in [0, 0.05) is 17.9 Å². The number of para-hydroxylation sites is 1. The lowest BCUT2D eigenvalue weighted by atomic mass is 9.96. The Morgan fingerprint density at radius 3 is 2.85 bits per heavy atom. The van der Waals surface area contributed by atoms with E-state index in [9.17, 15) is 4.79 Å². The van der Waals surface area contributed by atoms with Gasteiger partial charge in [0.1, 0.15) is 4.60 Å². The molecular weight excluding hydrogens is 316 g/mol. The molecular formula is C16H15BrN2O. The summed E-state index contributed by atoms with van der Waals surface area (Å²) >= 11 is 3.29. The number of anilines is 1. The van der Waals surface area contributed by atoms with Crippen LogP contribution in [0.5, 0.6) is 0 Å². The third-order valence-electron chi connectivity index (χ3n) is 3.72. The molecule has 1 amide bonds. The summed E-state index contributed by atoms with van der Waals surface area (Å²) in [5.74, 6) is 0.0182. The molecule has 0 spiro atoms. The predicted octanol–water partition coefficient (Wildman–Crippen LogP) is 3.83. The molecule has 1 aromatic carbocycles. The monoisotopic (exact) mass is 330 g/mol. The van der Waals surface area contributed by atoms with Crippen molar-refractivity contribution in [2.24, 2.45) is 0 Å². The number of halogens is 1. The van der Waals surface area contributed by atoms with Gasteiger partial charge >= 0.3 is 0 Å². The Bertz CT molecular complexity index is 639. The summed E-state index contributed by atoms with van der Waals surface area (Å²) < 4.78 is 0.737. The molecule has 0 saturated carbocycles. The molecule has 0 aliphatic carbocycles. The van der Waals surface area contributed by atoms with E-state index in [2.05, 4.69) is 33.9 Å². The highest BCUT2D eigenvalue weighted by molar-refractivity contribution is 9.10. The van der Waals surface area contributed by atoms with Gasteiger partial charge in [-0.05, 0) is 59.5 Å². The zero-order valence-electron chi connectivity index (χ0n) is 11.2. The highest BCUT2D eigenvalue weighted by atomic mass is 79.9. The molecule has 2 heterocycles. The van der Waals surface area contributed by atoms with Gasteiger partial charge in [-0.1, -0.05) is 18.2 Å². The second kappa shape index (κ2) is 5.37. The van der Waals surface area contributed by atoms with Gasteiger partial charge in [-0.25, -0.2) is 4.98 Å². The van der Waals surface area contributed by atoms with E-state index in [1.165, 1.54) is 5.56 Å². The van der Waals surface area contributed by atoms with Crippen molar-refractivity contribution < 1.29 is 4.79 Å². The van der Waals surface area contributed by atoms with E-state index in [-0.39, 0.29) is 11.9 Å². The standard InChI is InChI=1S/C16H15BrN2O/c1-11-6-7-12-4-2-3-5-14(12)19(11)16(20)13-8-9-15(17)18-10-13/h2-5,8-11H,6-7H2,1H3. The van der Waals surface area contributed by atoms with Crippen LogP contribution in [0.4, 0.5) is 5.69 Å². The van der Waals surface area contributed by atoms with Crippen LogP contribution in [-0.2, 0) is 6.42 Å². The van der Waals surface area contributed by atoms with Crippen molar-refractivity contribution in [1.29, 1.82) is 0 Å². The number of nitrogens with zero attached hydrogens (tertiary/aromatic N) is 2. The van der Waals surface area contributed by atoms with Crippen molar-refractivity contribution >= 4 is 27.5 Å². The van der Waals surface area contributed by atoms with Gasteiger partial charge in [0.05, 0.1) is 5.56 Å². The van der Waals surface area contributed by atoms with Crippen LogP contribution < -0.4 is 4.90 Å². The number of benzene rings is 1. The van der Waals surface area contributed by atoms with E-state index < -0.39 is 0 Å². The summed E-state index contributed by atoms with van der Waals surface area (Å²) in [7, 11) is 0. The number of carbonyl (C=O) groups is 1. The minimum absolute atomic E-state index is 0.0182. The summed E-state index contributed by atoms with van der Waals surface area (Å²) in [6, 6.07) is 11.9. The first-order chi connectivity index (χ1) is 9.66. The summed E-state index contributed by atoms with van der Waals surface area (Å²) in [5, 5.41) is 0. The molecule has 1 unspecified atom stereocenters. The van der Waals surface area contributed by atoms with E-state index in [1.54, 1.807) is 12.3 Å². The average Bonchev–Trinajstić information content (AvgIpc) is 2.47. The number of carbonyl (C=O) groups excluding carboxylic acids is 1. The van der Waals surface area contributed by atoms with Crippen molar-refractivity contribution in [2.75, 3.05) is 4.90 Å². The minimum Gasteiger partial charge on any atom is -0.305 e. The summed E-state index contributed by atoms with van der Waals surface area (Å²) in [6.45, 7) is 2.10. The average molecular weight is 331 g/mol. The molecule has 0 fully saturated rings. The van der Waals surface area contributed by atoms with Crippen molar-refractivity contribution in [3.63, 3.8) is 0 Å². The van der Waals surface area contributed by atoms with Crippen molar-refractivity contribution in [2.45, 2.75) is 25.8 Å². The minimum atomic E-state index is 0.0182. The zero-order valence-corrected chi connectivity index (χ0v) is 12.8. The maximum Gasteiger partial charge on any atom is 0.260 e. The number of pyridine rings is 1. The maximum atomic E-state index is 12.8. The molecule has 3 rings (SSSR count). The van der Waals surface area contributed by atoms with E-state index >= 15 is 0 Å². The number of hydrogen-bond acceptors (Lipinski definition) is 2. The molecule has 20 heavy (non-hydrogen) atoms. The number of rotatable bonds is 1. The second-order valence-electron chi connectivity index (χ2n) is 5.06. The molecule has 1 aliphatic heterocycles. The van der Waals surface area contributed by atoms with Gasteiger partial charge in [-0.3, -0.25) is 4.79 Å². The van der Waals surface area contributed by atoms with Gasteiger partial charge in [-0.15, -0.1) is 0 Å². The van der Waals surface area contributed by atoms with Crippen LogP contribution in [0.1, 0.15) is 29.3 Å². The lowest BCUT2D eigenvalue weighted by Gasteiger charge is -2.35. The number of hydrogen-bond donors (Lipinski definition) is 0. The molecule has 0 saturated heterocycles. The maximum absolute atomic E-state index is 12.8. The van der Waals surface area contributed by atoms with Gasteiger partial charge in [0.15, 0.2) is 0 Å². The van der Waals surface area contributed by atoms with Crippen LogP contribution >= 0.6 is 15.9 Å². The van der Waals surface area contributed by atoms with Crippen molar-refractivity contribution in [3.05, 3.63) is 58.3 Å². The highest BCUT2D eigenvalue weighted by Gasteiger charge is 2.28. The quantitative estimate of drug-likeness (QED) is 0.744. The molecule has 2 aromatic rings. The van der Waals surface area contributed by atoms with Crippen LogP contribution in [0.25, 0.3) is 0 Å². The van der Waals surface area contributed by atoms with E-state index in [0.717, 1.165) is 23.1 Å². The fraction of sp³-hybridized carbons (Fsp3) is 0.250. The van der Waals surface area contributed by atoms with Crippen molar-refractivity contribution in [3.8, 4) is 0 Å². The fourth-order valence-electron chi connectivity index (χ4n) is 2.64. The van der Waals surface area contributed by atoms with E-state index in [0.29, 0.717) is 5.56 Å². The SMILES string of the molecule is CC1CCc2ccccc2N1C(=O)c1ccc(Br)nc1. The molecule has 102 valence electrons. The molecule has 0 bridgehead atoms. The van der Waals surface area contributed by atoms with Gasteiger partial charge in [0.25, 0.3) is 5.91 Å². The van der Waals surface area contributed by atoms with Crippen molar-refractivity contribution in [1.82, 2.24) is 4.98 Å². The number of aryl methyl sites for hydroxylation is 1. The normalized spacial score (nSPS) is 17.7. The Balaban J connectivity index is 2.00. The smallest absolute Gasteiger partial charge is 0.260 e. The van der Waals surface area contributed by atoms with Gasteiger partial charge in [0.2, 0.25) is 0 Å². The lowest BCUT2D eigenvalue weighted by molar-refractivity contribution is 0.0975. The van der Waals surface area contributed by atoms with Gasteiger partial charge < -0.3 is 4.90 Å². The first-order valence-electron chi connectivity index (χ1n) is 6.70. The molecule has 1 atom stereocenters. The second-order valence-corrected chi connectivity index (χ2v) is 5.87. The van der Waals surface area contributed by atoms with Crippen LogP contribution in [-0.4, -0.2) is 16.9 Å². The third-order valence-corrected chi connectivity index (χ3v) is 4.19. The Morgan fingerprint density at radius 1 is 1.30 bits per heavy atom. The number of fused-ring (bicyclic) bond motifs is 1. The molecule has 1 aromatic heterocycles. The Labute approximate surface area is 126 Å². The van der Waals surface area contributed by atoms with E-state index in [4.69, 9.17) is 0 Å². The number of amides is 1. The summed E-state index contributed by atoms with van der Waals surface area (Å²) in [4.78, 5) is 18.8. The van der Waals surface area contributed by atoms with Crippen LogP contribution in [0.15, 0.2) is 47.2 Å². The molecule has 3 nitrogen and oxygen atoms in total. The fourth-order valence-corrected chi connectivity index (χ4v) is 2.87. The summed E-state index contributed by atoms with van der Waals surface area (Å²) in [5.41, 5.74) is 2.89. The molecule has 0 N–H and O–H groups in total. The largest absolute Gasteiger partial charge is 0.305 e. The van der Waals surface area contributed by atoms with Crippen LogP contribution in [0.2, 0.25) is 0 Å². The van der Waals surface area contributed by atoms with Gasteiger partial charge in [-0.2, -0.15) is 0 Å². The molecule has 1 aliphatic rings. The molecule has 4 heteroatoms. The van der Waals surface area contributed by atoms with E-state index in [1.807, 2.05) is 29.2 Å². The Kier molecular flexibility index (Phi) is 3.57. The molecule has 0 radical (unpaired) electrons. The first kappa shape index (κ1) is 13.3. The first-order valence-corrected chi connectivity index (χ1v) is 7.49. The number of aromatic nitrogens is 1. The lowest BCUT2D eigenvalue weighted by Crippen LogP contribution is -2.42. The predicted molar refractivity (Wildman–Crippen MR) is 83.0 cm³/mol. The Morgan fingerprint density at radius 2 is 2.10 bits per heavy atom. The summed E-state index contributed by atoms with van der Waals surface area (Å²) in [6.07, 6.45) is 3.64. The highest BCUT2D eigenvalue weighted by Crippen LogP contribution is 2.31. The third kappa shape index (κ3) is 2.36. The zero-order chi connectivity index (χ0) is 14.1. The topological polar surface area (TPSA) is 33.2 Å². The van der Waals surface area contributed by atoms with Crippen LogP contribution in [0, 0.1) is 0 Å². The Hall–Kier alpha value is -1.68.